The predicted molar refractivity (Wildman–Crippen MR) is 74.0 cm³/mol. The van der Waals surface area contributed by atoms with Gasteiger partial charge in [-0.1, -0.05) is 13.3 Å². The molecule has 0 aromatic rings. The van der Waals surface area contributed by atoms with E-state index in [2.05, 4.69) is 46.5 Å². The van der Waals surface area contributed by atoms with Crippen LogP contribution in [0.4, 0.5) is 0 Å². The van der Waals surface area contributed by atoms with E-state index in [1.165, 1.54) is 0 Å². The molecular formula is C11H28N6Re2-2. The van der Waals surface area contributed by atoms with Gasteiger partial charge in [-0.25, -0.2) is 0 Å². The third kappa shape index (κ3) is 15.3. The van der Waals surface area contributed by atoms with Crippen molar-refractivity contribution in [2.45, 2.75) is 0 Å². The molecule has 19 heavy (non-hydrogen) atoms. The number of hydrogen-bond acceptors (Lipinski definition) is 4. The third-order valence-electron chi connectivity index (χ3n) is 2.21. The van der Waals surface area contributed by atoms with E-state index in [0.29, 0.717) is 0 Å². The minimum absolute atomic E-state index is 0. The fourth-order valence-corrected chi connectivity index (χ4v) is 1.90. The monoisotopic (exact) mass is 618 g/mol. The Morgan fingerprint density at radius 3 is 1.26 bits per heavy atom. The van der Waals surface area contributed by atoms with E-state index in [1.807, 2.05) is 11.9 Å². The SMILES string of the molecule is CN1CN(C)CN(C)C1.C[N-]CN(C)C[N-]C.[Re].[Re]. The van der Waals surface area contributed by atoms with Crippen molar-refractivity contribution in [3.63, 3.8) is 0 Å². The number of nitrogens with zero attached hydrogens (tertiary/aromatic N) is 6. The molecule has 1 aliphatic heterocycles. The fraction of sp³-hybridized carbons (Fsp3) is 1.00. The van der Waals surface area contributed by atoms with Crippen LogP contribution in [0.1, 0.15) is 0 Å². The second-order valence-electron chi connectivity index (χ2n) is 4.76. The molecule has 1 saturated heterocycles. The molecule has 6 nitrogen and oxygen atoms in total. The summed E-state index contributed by atoms with van der Waals surface area (Å²) < 4.78 is 0. The van der Waals surface area contributed by atoms with Gasteiger partial charge < -0.3 is 15.5 Å². The first-order valence-electron chi connectivity index (χ1n) is 5.85. The van der Waals surface area contributed by atoms with Crippen molar-refractivity contribution in [3.05, 3.63) is 10.6 Å². The van der Waals surface area contributed by atoms with Gasteiger partial charge in [0.1, 0.15) is 0 Å². The summed E-state index contributed by atoms with van der Waals surface area (Å²) in [7, 11) is 12.0. The van der Waals surface area contributed by atoms with Crippen LogP contribution in [0.3, 0.4) is 0 Å². The zero-order valence-electron chi connectivity index (χ0n) is 13.0. The maximum atomic E-state index is 3.92. The molecule has 2 radical (unpaired) electrons. The predicted octanol–water partition coefficient (Wildman–Crippen LogP) is 0.503. The Labute approximate surface area is 146 Å². The standard InChI is InChI=1S/C6H15N3.C5H13N3.2Re/c1-7-4-8(2)6-9(3)5-7;1-6-4-8(3)5-7-2;;/h4-6H2,1-3H3;4-5H2,1-3H3;;/q;-2;;. The maximum Gasteiger partial charge on any atom is 0.0523 e. The molecule has 0 aliphatic carbocycles. The summed E-state index contributed by atoms with van der Waals surface area (Å²) in [5.74, 6) is 0. The molecule has 0 unspecified atom stereocenters. The number of rotatable bonds is 4. The van der Waals surface area contributed by atoms with Crippen molar-refractivity contribution < 1.29 is 40.8 Å². The van der Waals surface area contributed by atoms with Crippen molar-refractivity contribution in [2.24, 2.45) is 0 Å². The summed E-state index contributed by atoms with van der Waals surface area (Å²) in [4.78, 5) is 8.87. The molecule has 0 bridgehead atoms. The molecule has 8 heteroatoms. The summed E-state index contributed by atoms with van der Waals surface area (Å²) in [6, 6.07) is 0. The first-order chi connectivity index (χ1) is 7.99. The minimum atomic E-state index is 0. The summed E-state index contributed by atoms with van der Waals surface area (Å²) in [5.41, 5.74) is 0. The van der Waals surface area contributed by atoms with E-state index in [1.54, 1.807) is 14.1 Å². The average molecular weight is 617 g/mol. The smallest absolute Gasteiger partial charge is 0.0523 e. The minimum Gasteiger partial charge on any atom is -0.653 e. The van der Waals surface area contributed by atoms with Gasteiger partial charge in [-0.15, -0.1) is 0 Å². The zero-order chi connectivity index (χ0) is 13.3. The Balaban J connectivity index is -0.000000246. The van der Waals surface area contributed by atoms with Crippen LogP contribution in [0.2, 0.25) is 0 Å². The van der Waals surface area contributed by atoms with Crippen LogP contribution < -0.4 is 0 Å². The van der Waals surface area contributed by atoms with Gasteiger partial charge in [0.2, 0.25) is 0 Å². The second-order valence-corrected chi connectivity index (χ2v) is 4.76. The van der Waals surface area contributed by atoms with Gasteiger partial charge >= 0.3 is 0 Å². The van der Waals surface area contributed by atoms with Gasteiger partial charge in [0.25, 0.3) is 0 Å². The molecule has 0 N–H and O–H groups in total. The van der Waals surface area contributed by atoms with Gasteiger partial charge in [0.15, 0.2) is 0 Å². The molecule has 1 rings (SSSR count). The molecule has 0 spiro atoms. The molecule has 0 aromatic carbocycles. The van der Waals surface area contributed by atoms with Crippen molar-refractivity contribution in [3.8, 4) is 0 Å². The van der Waals surface area contributed by atoms with Gasteiger partial charge in [-0.05, 0) is 28.2 Å². The first kappa shape index (κ1) is 25.1. The third-order valence-corrected chi connectivity index (χ3v) is 2.21. The molecule has 0 saturated carbocycles. The van der Waals surface area contributed by atoms with Crippen LogP contribution in [-0.4, -0.2) is 95.2 Å². The summed E-state index contributed by atoms with van der Waals surface area (Å²) in [6.45, 7) is 4.81. The van der Waals surface area contributed by atoms with Crippen molar-refractivity contribution in [2.75, 3.05) is 75.6 Å². The molecule has 0 aromatic heterocycles. The fourth-order valence-electron chi connectivity index (χ4n) is 1.90. The Kier molecular flexibility index (Phi) is 20.4. The second kappa shape index (κ2) is 15.5. The van der Waals surface area contributed by atoms with Gasteiger partial charge in [-0.2, -0.15) is 14.1 Å². The molecule has 0 amide bonds. The van der Waals surface area contributed by atoms with Crippen LogP contribution in [-0.2, 0) is 40.8 Å². The normalized spacial score (nSPS) is 17.2. The largest absolute Gasteiger partial charge is 0.653 e. The van der Waals surface area contributed by atoms with Gasteiger partial charge in [-0.3, -0.25) is 14.7 Å². The van der Waals surface area contributed by atoms with E-state index >= 15 is 0 Å². The quantitative estimate of drug-likeness (QED) is 0.462. The topological polar surface area (TPSA) is 41.2 Å². The molecule has 1 heterocycles. The summed E-state index contributed by atoms with van der Waals surface area (Å²) >= 11 is 0. The van der Waals surface area contributed by atoms with Crippen molar-refractivity contribution in [1.29, 1.82) is 0 Å². The van der Waals surface area contributed by atoms with Crippen molar-refractivity contribution >= 4 is 0 Å². The van der Waals surface area contributed by atoms with E-state index in [-0.39, 0.29) is 40.8 Å². The Morgan fingerprint density at radius 2 is 1.05 bits per heavy atom. The molecule has 118 valence electrons. The van der Waals surface area contributed by atoms with Gasteiger partial charge in [0, 0.05) is 40.8 Å². The van der Waals surface area contributed by atoms with E-state index < -0.39 is 0 Å². The van der Waals surface area contributed by atoms with E-state index in [4.69, 9.17) is 0 Å². The number of hydrogen-bond donors (Lipinski definition) is 0. The summed E-state index contributed by atoms with van der Waals surface area (Å²) in [5, 5.41) is 7.84. The van der Waals surface area contributed by atoms with Crippen molar-refractivity contribution in [1.82, 2.24) is 19.6 Å². The first-order valence-corrected chi connectivity index (χ1v) is 5.85. The zero-order valence-corrected chi connectivity index (χ0v) is 18.4. The van der Waals surface area contributed by atoms with Crippen LogP contribution in [0.5, 0.6) is 0 Å². The van der Waals surface area contributed by atoms with Crippen LogP contribution in [0.15, 0.2) is 0 Å². The Bertz CT molecular complexity index is 156. The molecule has 1 aliphatic rings. The Morgan fingerprint density at radius 1 is 0.789 bits per heavy atom. The van der Waals surface area contributed by atoms with Gasteiger partial charge in [0.05, 0.1) is 20.0 Å². The molecule has 1 fully saturated rings. The van der Waals surface area contributed by atoms with E-state index in [0.717, 1.165) is 33.3 Å². The average Bonchev–Trinajstić information content (AvgIpc) is 2.16. The van der Waals surface area contributed by atoms with E-state index in [9.17, 15) is 0 Å². The molecule has 0 atom stereocenters. The van der Waals surface area contributed by atoms with Crippen LogP contribution in [0.25, 0.3) is 10.6 Å². The molecular weight excluding hydrogens is 589 g/mol. The van der Waals surface area contributed by atoms with Crippen LogP contribution in [0, 0.1) is 0 Å². The van der Waals surface area contributed by atoms with Crippen LogP contribution >= 0.6 is 0 Å². The summed E-state index contributed by atoms with van der Waals surface area (Å²) in [6.07, 6.45) is 0. The maximum absolute atomic E-state index is 3.92. The Hall–Kier alpha value is 1.08.